The fraction of sp³-hybridized carbons (Fsp3) is 0.143. The van der Waals surface area contributed by atoms with Gasteiger partial charge >= 0.3 is 12.0 Å². The molecular weight excluding hydrogens is 374 g/mol. The minimum atomic E-state index is -1.22. The molecule has 8 heteroatoms. The fourth-order valence-corrected chi connectivity index (χ4v) is 2.76. The number of esters is 1. The molecule has 0 aliphatic carbocycles. The van der Waals surface area contributed by atoms with Crippen molar-refractivity contribution >= 4 is 28.8 Å². The number of benzene rings is 2. The average molecular weight is 393 g/mol. The molecule has 1 atom stereocenters. The van der Waals surface area contributed by atoms with Gasteiger partial charge in [0.1, 0.15) is 5.75 Å². The largest absolute Gasteiger partial charge is 0.497 e. The van der Waals surface area contributed by atoms with Crippen molar-refractivity contribution in [2.75, 3.05) is 7.11 Å². The number of aromatic nitrogens is 1. The predicted octanol–water partition coefficient (Wildman–Crippen LogP) is 2.65. The van der Waals surface area contributed by atoms with Gasteiger partial charge in [0.25, 0.3) is 5.91 Å². The lowest BCUT2D eigenvalue weighted by Crippen LogP contribution is -2.42. The SMILES string of the molecule is COc1ccc2nc(-c3ccccc3)cc(C(=O)O[C@H](C)C(=O)NC(N)=O)c2c1. The van der Waals surface area contributed by atoms with Crippen molar-refractivity contribution in [1.29, 1.82) is 0 Å². The molecule has 3 N–H and O–H groups in total. The van der Waals surface area contributed by atoms with E-state index in [1.807, 2.05) is 35.6 Å². The maximum absolute atomic E-state index is 12.9. The number of hydrogen-bond donors (Lipinski definition) is 2. The Morgan fingerprint density at radius 2 is 1.79 bits per heavy atom. The minimum Gasteiger partial charge on any atom is -0.497 e. The Kier molecular flexibility index (Phi) is 5.73. The molecule has 3 rings (SSSR count). The number of nitrogens with zero attached hydrogens (tertiary/aromatic N) is 1. The molecular formula is C21H19N3O5. The Morgan fingerprint density at radius 3 is 2.45 bits per heavy atom. The van der Waals surface area contributed by atoms with E-state index in [0.29, 0.717) is 22.3 Å². The molecule has 2 aromatic carbocycles. The van der Waals surface area contributed by atoms with E-state index in [4.69, 9.17) is 15.2 Å². The molecule has 148 valence electrons. The molecule has 0 spiro atoms. The number of hydrogen-bond acceptors (Lipinski definition) is 6. The maximum Gasteiger partial charge on any atom is 0.339 e. The topological polar surface area (TPSA) is 121 Å². The number of nitrogens with two attached hydrogens (primary N) is 1. The first-order chi connectivity index (χ1) is 13.9. The Hall–Kier alpha value is -3.94. The molecule has 0 saturated heterocycles. The van der Waals surface area contributed by atoms with Crippen LogP contribution in [0.3, 0.4) is 0 Å². The number of fused-ring (bicyclic) bond motifs is 1. The van der Waals surface area contributed by atoms with Crippen LogP contribution < -0.4 is 15.8 Å². The summed E-state index contributed by atoms with van der Waals surface area (Å²) in [5.41, 5.74) is 7.10. The van der Waals surface area contributed by atoms with E-state index < -0.39 is 24.0 Å². The van der Waals surface area contributed by atoms with Gasteiger partial charge in [-0.25, -0.2) is 14.6 Å². The molecule has 1 aromatic heterocycles. The van der Waals surface area contributed by atoms with Crippen molar-refractivity contribution in [2.45, 2.75) is 13.0 Å². The summed E-state index contributed by atoms with van der Waals surface area (Å²) in [6.07, 6.45) is -1.22. The summed E-state index contributed by atoms with van der Waals surface area (Å²) in [4.78, 5) is 40.2. The number of rotatable bonds is 5. The van der Waals surface area contributed by atoms with Gasteiger partial charge in [-0.1, -0.05) is 30.3 Å². The number of carbonyl (C=O) groups is 3. The van der Waals surface area contributed by atoms with Gasteiger partial charge in [0.05, 0.1) is 23.9 Å². The zero-order valence-corrected chi connectivity index (χ0v) is 15.8. The Morgan fingerprint density at radius 1 is 1.07 bits per heavy atom. The molecule has 0 saturated carbocycles. The lowest BCUT2D eigenvalue weighted by atomic mass is 10.0. The molecule has 3 amide bonds. The smallest absolute Gasteiger partial charge is 0.339 e. The van der Waals surface area contributed by atoms with Gasteiger partial charge in [-0.15, -0.1) is 0 Å². The first kappa shape index (κ1) is 19.8. The van der Waals surface area contributed by atoms with E-state index in [1.54, 1.807) is 24.3 Å². The summed E-state index contributed by atoms with van der Waals surface area (Å²) < 4.78 is 10.5. The van der Waals surface area contributed by atoms with Crippen LogP contribution in [0.1, 0.15) is 17.3 Å². The van der Waals surface area contributed by atoms with Gasteiger partial charge < -0.3 is 15.2 Å². The van der Waals surface area contributed by atoms with Crippen LogP contribution in [-0.4, -0.2) is 36.1 Å². The quantitative estimate of drug-likeness (QED) is 0.643. The van der Waals surface area contributed by atoms with Crippen molar-refractivity contribution in [3.8, 4) is 17.0 Å². The van der Waals surface area contributed by atoms with Gasteiger partial charge in [0.15, 0.2) is 6.10 Å². The summed E-state index contributed by atoms with van der Waals surface area (Å²) >= 11 is 0. The number of urea groups is 1. The third-order valence-corrected chi connectivity index (χ3v) is 4.20. The number of methoxy groups -OCH3 is 1. The number of imide groups is 1. The average Bonchev–Trinajstić information content (AvgIpc) is 2.72. The molecule has 0 radical (unpaired) electrons. The van der Waals surface area contributed by atoms with E-state index in [1.165, 1.54) is 14.0 Å². The van der Waals surface area contributed by atoms with Gasteiger partial charge in [0, 0.05) is 10.9 Å². The van der Waals surface area contributed by atoms with Crippen molar-refractivity contribution in [3.05, 3.63) is 60.2 Å². The Balaban J connectivity index is 2.04. The number of pyridine rings is 1. The van der Waals surface area contributed by atoms with Crippen LogP contribution in [-0.2, 0) is 9.53 Å². The van der Waals surface area contributed by atoms with Crippen molar-refractivity contribution in [3.63, 3.8) is 0 Å². The second kappa shape index (κ2) is 8.39. The summed E-state index contributed by atoms with van der Waals surface area (Å²) in [6.45, 7) is 1.35. The molecule has 0 aliphatic rings. The van der Waals surface area contributed by atoms with Gasteiger partial charge in [-0.3, -0.25) is 10.1 Å². The second-order valence-corrected chi connectivity index (χ2v) is 6.21. The van der Waals surface area contributed by atoms with Gasteiger partial charge in [-0.05, 0) is 31.2 Å². The van der Waals surface area contributed by atoms with E-state index in [2.05, 4.69) is 4.98 Å². The lowest BCUT2D eigenvalue weighted by molar-refractivity contribution is -0.127. The minimum absolute atomic E-state index is 0.214. The summed E-state index contributed by atoms with van der Waals surface area (Å²) in [6, 6.07) is 15.1. The summed E-state index contributed by atoms with van der Waals surface area (Å²) in [5.74, 6) is -1.01. The number of nitrogens with one attached hydrogen (secondary N) is 1. The van der Waals surface area contributed by atoms with Crippen LogP contribution in [0.25, 0.3) is 22.2 Å². The zero-order chi connectivity index (χ0) is 21.0. The summed E-state index contributed by atoms with van der Waals surface area (Å²) in [5, 5.41) is 2.39. The fourth-order valence-electron chi connectivity index (χ4n) is 2.76. The highest BCUT2D eigenvalue weighted by Crippen LogP contribution is 2.28. The second-order valence-electron chi connectivity index (χ2n) is 6.21. The zero-order valence-electron chi connectivity index (χ0n) is 15.8. The van der Waals surface area contributed by atoms with E-state index in [9.17, 15) is 14.4 Å². The van der Waals surface area contributed by atoms with Crippen LogP contribution in [0.2, 0.25) is 0 Å². The highest BCUT2D eigenvalue weighted by atomic mass is 16.5. The molecule has 8 nitrogen and oxygen atoms in total. The molecule has 0 unspecified atom stereocenters. The standard InChI is InChI=1S/C21H19N3O5/c1-12(19(25)24-21(22)27)29-20(26)16-11-18(13-6-4-3-5-7-13)23-17-9-8-14(28-2)10-15(16)17/h3-12H,1-2H3,(H3,22,24,25,27)/t12-/m1/s1. The van der Waals surface area contributed by atoms with Crippen LogP contribution in [0.4, 0.5) is 4.79 Å². The van der Waals surface area contributed by atoms with Gasteiger partial charge in [-0.2, -0.15) is 0 Å². The number of carbonyl (C=O) groups excluding carboxylic acids is 3. The molecule has 0 aliphatic heterocycles. The normalized spacial score (nSPS) is 11.5. The number of ether oxygens (including phenoxy) is 2. The van der Waals surface area contributed by atoms with Crippen molar-refractivity contribution in [1.82, 2.24) is 10.3 Å². The van der Waals surface area contributed by atoms with Crippen molar-refractivity contribution < 1.29 is 23.9 Å². The Bertz CT molecular complexity index is 1080. The van der Waals surface area contributed by atoms with Crippen LogP contribution in [0.5, 0.6) is 5.75 Å². The van der Waals surface area contributed by atoms with Crippen LogP contribution >= 0.6 is 0 Å². The number of amides is 3. The molecule has 29 heavy (non-hydrogen) atoms. The predicted molar refractivity (Wildman–Crippen MR) is 106 cm³/mol. The van der Waals surface area contributed by atoms with Crippen LogP contribution in [0.15, 0.2) is 54.6 Å². The monoisotopic (exact) mass is 393 g/mol. The molecule has 0 bridgehead atoms. The van der Waals surface area contributed by atoms with Crippen molar-refractivity contribution in [2.24, 2.45) is 5.73 Å². The number of primary amides is 1. The maximum atomic E-state index is 12.9. The van der Waals surface area contributed by atoms with E-state index in [0.717, 1.165) is 5.56 Å². The third-order valence-electron chi connectivity index (χ3n) is 4.20. The Labute approximate surface area is 166 Å². The van der Waals surface area contributed by atoms with Gasteiger partial charge in [0.2, 0.25) is 0 Å². The highest BCUT2D eigenvalue weighted by molar-refractivity contribution is 6.06. The molecule has 3 aromatic rings. The molecule has 1 heterocycles. The summed E-state index contributed by atoms with van der Waals surface area (Å²) in [7, 11) is 1.52. The van der Waals surface area contributed by atoms with E-state index >= 15 is 0 Å². The van der Waals surface area contributed by atoms with Crippen LogP contribution in [0, 0.1) is 0 Å². The highest BCUT2D eigenvalue weighted by Gasteiger charge is 2.22. The molecule has 0 fully saturated rings. The van der Waals surface area contributed by atoms with E-state index in [-0.39, 0.29) is 5.56 Å². The third kappa shape index (κ3) is 4.49. The first-order valence-electron chi connectivity index (χ1n) is 8.74. The lowest BCUT2D eigenvalue weighted by Gasteiger charge is -2.14. The first-order valence-corrected chi connectivity index (χ1v) is 8.74.